The molecule has 0 aliphatic rings. The van der Waals surface area contributed by atoms with Gasteiger partial charge < -0.3 is 14.2 Å². The van der Waals surface area contributed by atoms with Gasteiger partial charge in [-0.2, -0.15) is 0 Å². The lowest BCUT2D eigenvalue weighted by molar-refractivity contribution is -0.167. The minimum absolute atomic E-state index is 0.0830. The number of esters is 3. The summed E-state index contributed by atoms with van der Waals surface area (Å²) in [7, 11) is 0. The van der Waals surface area contributed by atoms with Gasteiger partial charge in [-0.3, -0.25) is 14.4 Å². The Balaban J connectivity index is 4.27. The van der Waals surface area contributed by atoms with Crippen molar-refractivity contribution < 1.29 is 28.6 Å². The molecule has 6 nitrogen and oxygen atoms in total. The fraction of sp³-hybridized carbons (Fsp3) is 0.783. The first kappa shape index (κ1) is 63.1. The van der Waals surface area contributed by atoms with Crippen LogP contribution in [0.25, 0.3) is 0 Å². The van der Waals surface area contributed by atoms with Crippen LogP contribution in [0.15, 0.2) is 60.8 Å². The third-order valence-electron chi connectivity index (χ3n) is 12.2. The SMILES string of the molecule is CCC/C=C\CCCCCCCC(=O)OCC(COC(=O)CCCCCCCCCCCCC/C=C\C/C=C\CCCCCCC)OC(=O)CCCCCCC/C=C\C/C=C\CCCCC. The summed E-state index contributed by atoms with van der Waals surface area (Å²) in [4.78, 5) is 38.0. The van der Waals surface area contributed by atoms with Gasteiger partial charge in [-0.05, 0) is 103 Å². The average molecular weight is 924 g/mol. The zero-order chi connectivity index (χ0) is 47.9. The molecule has 0 heterocycles. The molecule has 0 radical (unpaired) electrons. The van der Waals surface area contributed by atoms with Crippen LogP contribution in [-0.2, 0) is 28.6 Å². The summed E-state index contributed by atoms with van der Waals surface area (Å²) in [6.45, 7) is 6.54. The highest BCUT2D eigenvalue weighted by molar-refractivity contribution is 5.71. The first-order valence-electron chi connectivity index (χ1n) is 28.3. The Morgan fingerprint density at radius 3 is 0.939 bits per heavy atom. The van der Waals surface area contributed by atoms with Crippen LogP contribution in [0.2, 0.25) is 0 Å². The summed E-state index contributed by atoms with van der Waals surface area (Å²) in [6.07, 6.45) is 67.9. The topological polar surface area (TPSA) is 78.9 Å². The lowest BCUT2D eigenvalue weighted by Gasteiger charge is -2.18. The standard InChI is InChI=1S/C60H106O6/c1-4-7-10-13-16-19-22-24-26-27-28-29-30-31-32-33-35-36-38-41-44-47-50-53-59(62)65-56-57(55-64-58(61)52-49-46-43-40-21-18-15-12-9-6-3)66-60(63)54-51-48-45-42-39-37-34-25-23-20-17-14-11-8-5-2/h12,15,17,20,22,24-25,27-28,34,57H,4-11,13-14,16,18-19,21,23,26,29-33,35-56H2,1-3H3/b15-12-,20-17-,24-22-,28-27-,34-25-. The van der Waals surface area contributed by atoms with E-state index < -0.39 is 6.10 Å². The van der Waals surface area contributed by atoms with Crippen LogP contribution in [0.3, 0.4) is 0 Å². The summed E-state index contributed by atoms with van der Waals surface area (Å²) in [5, 5.41) is 0. The molecule has 0 aromatic rings. The van der Waals surface area contributed by atoms with Crippen LogP contribution in [0, 0.1) is 0 Å². The maximum Gasteiger partial charge on any atom is 0.306 e. The van der Waals surface area contributed by atoms with Crippen molar-refractivity contribution in [1.82, 2.24) is 0 Å². The van der Waals surface area contributed by atoms with Crippen molar-refractivity contribution in [3.8, 4) is 0 Å². The fourth-order valence-electron chi connectivity index (χ4n) is 7.92. The molecule has 66 heavy (non-hydrogen) atoms. The van der Waals surface area contributed by atoms with E-state index in [9.17, 15) is 14.4 Å². The van der Waals surface area contributed by atoms with Gasteiger partial charge in [-0.1, -0.05) is 223 Å². The number of rotatable bonds is 51. The van der Waals surface area contributed by atoms with Crippen LogP contribution in [0.5, 0.6) is 0 Å². The van der Waals surface area contributed by atoms with E-state index in [1.165, 1.54) is 141 Å². The smallest absolute Gasteiger partial charge is 0.306 e. The van der Waals surface area contributed by atoms with Gasteiger partial charge in [0.2, 0.25) is 0 Å². The molecule has 0 aromatic heterocycles. The zero-order valence-electron chi connectivity index (χ0n) is 43.7. The fourth-order valence-corrected chi connectivity index (χ4v) is 7.92. The Bertz CT molecular complexity index is 1200. The minimum atomic E-state index is -0.784. The predicted octanol–water partition coefficient (Wildman–Crippen LogP) is 18.8. The van der Waals surface area contributed by atoms with E-state index in [4.69, 9.17) is 14.2 Å². The number of allylic oxidation sites excluding steroid dienone is 10. The quantitative estimate of drug-likeness (QED) is 0.0262. The Morgan fingerprint density at radius 2 is 0.576 bits per heavy atom. The van der Waals surface area contributed by atoms with Gasteiger partial charge in [0.25, 0.3) is 0 Å². The van der Waals surface area contributed by atoms with Gasteiger partial charge in [0, 0.05) is 19.3 Å². The number of carbonyl (C=O) groups excluding carboxylic acids is 3. The molecule has 1 atom stereocenters. The van der Waals surface area contributed by atoms with Gasteiger partial charge in [-0.15, -0.1) is 0 Å². The number of carbonyl (C=O) groups is 3. The van der Waals surface area contributed by atoms with Gasteiger partial charge in [0.05, 0.1) is 0 Å². The van der Waals surface area contributed by atoms with Crippen molar-refractivity contribution in [2.75, 3.05) is 13.2 Å². The van der Waals surface area contributed by atoms with E-state index in [1.54, 1.807) is 0 Å². The molecule has 0 spiro atoms. The molecule has 0 N–H and O–H groups in total. The first-order valence-corrected chi connectivity index (χ1v) is 28.3. The van der Waals surface area contributed by atoms with Crippen LogP contribution in [0.4, 0.5) is 0 Å². The molecule has 6 heteroatoms. The molecule has 0 saturated carbocycles. The van der Waals surface area contributed by atoms with E-state index in [0.29, 0.717) is 19.3 Å². The molecular formula is C60H106O6. The van der Waals surface area contributed by atoms with Crippen molar-refractivity contribution in [3.05, 3.63) is 60.8 Å². The molecule has 0 fully saturated rings. The number of ether oxygens (including phenoxy) is 3. The van der Waals surface area contributed by atoms with Crippen molar-refractivity contribution >= 4 is 17.9 Å². The summed E-state index contributed by atoms with van der Waals surface area (Å²) in [5.74, 6) is -0.903. The van der Waals surface area contributed by atoms with E-state index in [0.717, 1.165) is 103 Å². The summed E-state index contributed by atoms with van der Waals surface area (Å²) in [5.41, 5.74) is 0. The van der Waals surface area contributed by atoms with Crippen LogP contribution < -0.4 is 0 Å². The average Bonchev–Trinajstić information content (AvgIpc) is 3.31. The lowest BCUT2D eigenvalue weighted by Crippen LogP contribution is -2.30. The normalized spacial score (nSPS) is 12.5. The number of unbranched alkanes of at least 4 members (excludes halogenated alkanes) is 30. The Labute approximate surface area is 409 Å². The Kier molecular flexibility index (Phi) is 52.3. The molecule has 0 aromatic carbocycles. The molecule has 0 aliphatic carbocycles. The largest absolute Gasteiger partial charge is 0.462 e. The molecule has 1 unspecified atom stereocenters. The first-order chi connectivity index (χ1) is 32.5. The highest BCUT2D eigenvalue weighted by Crippen LogP contribution is 2.15. The van der Waals surface area contributed by atoms with Crippen LogP contribution >= 0.6 is 0 Å². The molecule has 0 aliphatic heterocycles. The van der Waals surface area contributed by atoms with Crippen molar-refractivity contribution in [3.63, 3.8) is 0 Å². The number of hydrogen-bond donors (Lipinski definition) is 0. The predicted molar refractivity (Wildman–Crippen MR) is 284 cm³/mol. The molecule has 382 valence electrons. The molecule has 0 bridgehead atoms. The zero-order valence-corrected chi connectivity index (χ0v) is 43.7. The summed E-state index contributed by atoms with van der Waals surface area (Å²) >= 11 is 0. The maximum absolute atomic E-state index is 12.8. The Morgan fingerprint density at radius 1 is 0.303 bits per heavy atom. The molecule has 0 rings (SSSR count). The number of hydrogen-bond acceptors (Lipinski definition) is 6. The van der Waals surface area contributed by atoms with Gasteiger partial charge >= 0.3 is 17.9 Å². The monoisotopic (exact) mass is 923 g/mol. The van der Waals surface area contributed by atoms with Gasteiger partial charge in [0.15, 0.2) is 6.10 Å². The third-order valence-corrected chi connectivity index (χ3v) is 12.2. The highest BCUT2D eigenvalue weighted by atomic mass is 16.6. The van der Waals surface area contributed by atoms with Crippen LogP contribution in [0.1, 0.15) is 284 Å². The maximum atomic E-state index is 12.8. The Hall–Kier alpha value is -2.89. The van der Waals surface area contributed by atoms with Gasteiger partial charge in [0.1, 0.15) is 13.2 Å². The second kappa shape index (κ2) is 54.7. The van der Waals surface area contributed by atoms with Crippen molar-refractivity contribution in [1.29, 1.82) is 0 Å². The molecule has 0 amide bonds. The van der Waals surface area contributed by atoms with Gasteiger partial charge in [-0.25, -0.2) is 0 Å². The van der Waals surface area contributed by atoms with E-state index in [1.807, 2.05) is 0 Å². The summed E-state index contributed by atoms with van der Waals surface area (Å²) in [6, 6.07) is 0. The molecular weight excluding hydrogens is 817 g/mol. The third kappa shape index (κ3) is 52.1. The second-order valence-corrected chi connectivity index (χ2v) is 18.8. The molecule has 0 saturated heterocycles. The summed E-state index contributed by atoms with van der Waals surface area (Å²) < 4.78 is 16.8. The van der Waals surface area contributed by atoms with Crippen LogP contribution in [-0.4, -0.2) is 37.2 Å². The van der Waals surface area contributed by atoms with E-state index >= 15 is 0 Å². The van der Waals surface area contributed by atoms with E-state index in [2.05, 4.69) is 81.5 Å². The van der Waals surface area contributed by atoms with Crippen molar-refractivity contribution in [2.24, 2.45) is 0 Å². The minimum Gasteiger partial charge on any atom is -0.462 e. The highest BCUT2D eigenvalue weighted by Gasteiger charge is 2.19. The second-order valence-electron chi connectivity index (χ2n) is 18.8. The van der Waals surface area contributed by atoms with Crippen molar-refractivity contribution in [2.45, 2.75) is 290 Å². The van der Waals surface area contributed by atoms with E-state index in [-0.39, 0.29) is 31.1 Å². The lowest BCUT2D eigenvalue weighted by atomic mass is 10.0.